The Morgan fingerprint density at radius 2 is 2.19 bits per heavy atom. The van der Waals surface area contributed by atoms with Gasteiger partial charge < -0.3 is 5.73 Å². The van der Waals surface area contributed by atoms with E-state index >= 15 is 0 Å². The third-order valence-electron chi connectivity index (χ3n) is 2.33. The molecule has 3 nitrogen and oxygen atoms in total. The monoisotopic (exact) mass is 283 g/mol. The van der Waals surface area contributed by atoms with E-state index < -0.39 is 0 Å². The summed E-state index contributed by atoms with van der Waals surface area (Å²) in [7, 11) is 0. The summed E-state index contributed by atoms with van der Waals surface area (Å²) in [4.78, 5) is 0. The second-order valence-electron chi connectivity index (χ2n) is 3.43. The maximum atomic E-state index is 13.0. The summed E-state index contributed by atoms with van der Waals surface area (Å²) >= 11 is 3.16. The van der Waals surface area contributed by atoms with Gasteiger partial charge in [-0.05, 0) is 39.7 Å². The molecule has 1 aromatic heterocycles. The van der Waals surface area contributed by atoms with Gasteiger partial charge in [-0.2, -0.15) is 5.10 Å². The first kappa shape index (κ1) is 11.3. The first-order valence-corrected chi connectivity index (χ1v) is 5.64. The molecular weight excluding hydrogens is 273 g/mol. The van der Waals surface area contributed by atoms with E-state index in [1.807, 2.05) is 6.07 Å². The van der Waals surface area contributed by atoms with Crippen LogP contribution >= 0.6 is 15.9 Å². The standard InChI is InChI=1S/C11H11BrFN3/c12-10-5-8(1-2-11(10)13)7-16-9(6-14)3-4-15-16/h1-5H,6-7,14H2. The van der Waals surface area contributed by atoms with Crippen LogP contribution in [0.5, 0.6) is 0 Å². The minimum absolute atomic E-state index is 0.261. The van der Waals surface area contributed by atoms with Gasteiger partial charge >= 0.3 is 0 Å². The molecular formula is C11H11BrFN3. The molecule has 84 valence electrons. The van der Waals surface area contributed by atoms with Gasteiger partial charge in [-0.1, -0.05) is 6.07 Å². The van der Waals surface area contributed by atoms with Crippen molar-refractivity contribution in [1.29, 1.82) is 0 Å². The minimum Gasteiger partial charge on any atom is -0.325 e. The highest BCUT2D eigenvalue weighted by Gasteiger charge is 2.04. The molecule has 0 saturated heterocycles. The molecule has 0 aliphatic rings. The number of hydrogen-bond donors (Lipinski definition) is 1. The number of aromatic nitrogens is 2. The highest BCUT2D eigenvalue weighted by molar-refractivity contribution is 9.10. The normalized spacial score (nSPS) is 10.7. The number of halogens is 2. The van der Waals surface area contributed by atoms with Gasteiger partial charge in [0.15, 0.2) is 0 Å². The van der Waals surface area contributed by atoms with E-state index in [1.54, 1.807) is 23.0 Å². The van der Waals surface area contributed by atoms with E-state index in [0.29, 0.717) is 17.6 Å². The van der Waals surface area contributed by atoms with Crippen molar-refractivity contribution >= 4 is 15.9 Å². The summed E-state index contributed by atoms with van der Waals surface area (Å²) in [6.07, 6.45) is 1.71. The molecule has 16 heavy (non-hydrogen) atoms. The summed E-state index contributed by atoms with van der Waals surface area (Å²) in [5.74, 6) is -0.261. The quantitative estimate of drug-likeness (QED) is 0.939. The molecule has 0 radical (unpaired) electrons. The lowest BCUT2D eigenvalue weighted by atomic mass is 10.2. The summed E-state index contributed by atoms with van der Waals surface area (Å²) in [5, 5.41) is 4.16. The zero-order valence-corrected chi connectivity index (χ0v) is 10.1. The van der Waals surface area contributed by atoms with Crippen LogP contribution in [0.4, 0.5) is 4.39 Å². The van der Waals surface area contributed by atoms with Crippen LogP contribution in [0.3, 0.4) is 0 Å². The number of nitrogens with two attached hydrogens (primary N) is 1. The van der Waals surface area contributed by atoms with Gasteiger partial charge in [0.05, 0.1) is 16.7 Å². The number of hydrogen-bond acceptors (Lipinski definition) is 2. The van der Waals surface area contributed by atoms with E-state index in [0.717, 1.165) is 11.3 Å². The summed E-state index contributed by atoms with van der Waals surface area (Å²) in [5.41, 5.74) is 7.51. The van der Waals surface area contributed by atoms with Crippen LogP contribution in [-0.2, 0) is 13.1 Å². The fourth-order valence-electron chi connectivity index (χ4n) is 1.49. The van der Waals surface area contributed by atoms with Crippen LogP contribution in [0.2, 0.25) is 0 Å². The Morgan fingerprint density at radius 3 is 2.88 bits per heavy atom. The maximum absolute atomic E-state index is 13.0. The molecule has 1 heterocycles. The smallest absolute Gasteiger partial charge is 0.137 e. The van der Waals surface area contributed by atoms with Crippen molar-refractivity contribution in [3.8, 4) is 0 Å². The Hall–Kier alpha value is -1.20. The lowest BCUT2D eigenvalue weighted by Gasteiger charge is -2.06. The third kappa shape index (κ3) is 2.31. The molecule has 1 aromatic carbocycles. The van der Waals surface area contributed by atoms with Crippen LogP contribution < -0.4 is 5.73 Å². The molecule has 0 unspecified atom stereocenters. The van der Waals surface area contributed by atoms with Crippen LogP contribution in [0, 0.1) is 5.82 Å². The van der Waals surface area contributed by atoms with E-state index in [2.05, 4.69) is 21.0 Å². The molecule has 0 atom stereocenters. The Bertz CT molecular complexity index is 496. The first-order valence-electron chi connectivity index (χ1n) is 4.85. The van der Waals surface area contributed by atoms with E-state index in [-0.39, 0.29) is 5.82 Å². The van der Waals surface area contributed by atoms with E-state index in [1.165, 1.54) is 6.07 Å². The fourth-order valence-corrected chi connectivity index (χ4v) is 1.91. The maximum Gasteiger partial charge on any atom is 0.137 e. The van der Waals surface area contributed by atoms with Gasteiger partial charge in [-0.15, -0.1) is 0 Å². The van der Waals surface area contributed by atoms with Gasteiger partial charge in [-0.25, -0.2) is 4.39 Å². The highest BCUT2D eigenvalue weighted by atomic mass is 79.9. The molecule has 0 saturated carbocycles. The molecule has 2 N–H and O–H groups in total. The van der Waals surface area contributed by atoms with Crippen LogP contribution in [-0.4, -0.2) is 9.78 Å². The lowest BCUT2D eigenvalue weighted by molar-refractivity contribution is 0.614. The van der Waals surface area contributed by atoms with Gasteiger partial charge in [0, 0.05) is 12.7 Å². The fraction of sp³-hybridized carbons (Fsp3) is 0.182. The van der Waals surface area contributed by atoms with Crippen LogP contribution in [0.25, 0.3) is 0 Å². The summed E-state index contributed by atoms with van der Waals surface area (Å²) < 4.78 is 15.3. The van der Waals surface area contributed by atoms with Gasteiger partial charge in [0.1, 0.15) is 5.82 Å². The zero-order chi connectivity index (χ0) is 11.5. The van der Waals surface area contributed by atoms with Crippen LogP contribution in [0.15, 0.2) is 34.9 Å². The first-order chi connectivity index (χ1) is 7.70. The molecule has 2 aromatic rings. The lowest BCUT2D eigenvalue weighted by Crippen LogP contribution is -2.09. The molecule has 0 amide bonds. The predicted molar refractivity (Wildman–Crippen MR) is 63.3 cm³/mol. The molecule has 0 aliphatic carbocycles. The Labute approximate surface area is 101 Å². The van der Waals surface area contributed by atoms with E-state index in [9.17, 15) is 4.39 Å². The van der Waals surface area contributed by atoms with E-state index in [4.69, 9.17) is 5.73 Å². The third-order valence-corrected chi connectivity index (χ3v) is 2.94. The van der Waals surface area contributed by atoms with Gasteiger partial charge in [-0.3, -0.25) is 4.68 Å². The van der Waals surface area contributed by atoms with Gasteiger partial charge in [0.25, 0.3) is 0 Å². The molecule has 5 heteroatoms. The van der Waals surface area contributed by atoms with Crippen molar-refractivity contribution in [3.05, 3.63) is 52.0 Å². The predicted octanol–water partition coefficient (Wildman–Crippen LogP) is 2.29. The SMILES string of the molecule is NCc1ccnn1Cc1ccc(F)c(Br)c1. The highest BCUT2D eigenvalue weighted by Crippen LogP contribution is 2.17. The molecule has 0 fully saturated rings. The van der Waals surface area contributed by atoms with Crippen molar-refractivity contribution in [3.63, 3.8) is 0 Å². The van der Waals surface area contributed by atoms with Crippen LogP contribution in [0.1, 0.15) is 11.3 Å². The largest absolute Gasteiger partial charge is 0.325 e. The molecule has 0 aliphatic heterocycles. The van der Waals surface area contributed by atoms with Crippen molar-refractivity contribution < 1.29 is 4.39 Å². The Balaban J connectivity index is 2.24. The molecule has 0 bridgehead atoms. The number of rotatable bonds is 3. The Kier molecular flexibility index (Phi) is 3.36. The Morgan fingerprint density at radius 1 is 1.38 bits per heavy atom. The van der Waals surface area contributed by atoms with Crippen molar-refractivity contribution in [2.24, 2.45) is 5.73 Å². The number of benzene rings is 1. The summed E-state index contributed by atoms with van der Waals surface area (Å²) in [6.45, 7) is 1.04. The number of nitrogens with zero attached hydrogens (tertiary/aromatic N) is 2. The van der Waals surface area contributed by atoms with Crippen molar-refractivity contribution in [1.82, 2.24) is 9.78 Å². The van der Waals surface area contributed by atoms with Gasteiger partial charge in [0.2, 0.25) is 0 Å². The second-order valence-corrected chi connectivity index (χ2v) is 4.29. The second kappa shape index (κ2) is 4.76. The minimum atomic E-state index is -0.261. The molecule has 2 rings (SSSR count). The van der Waals surface area contributed by atoms with Crippen molar-refractivity contribution in [2.45, 2.75) is 13.1 Å². The van der Waals surface area contributed by atoms with Crippen molar-refractivity contribution in [2.75, 3.05) is 0 Å². The zero-order valence-electron chi connectivity index (χ0n) is 8.53. The summed E-state index contributed by atoms with van der Waals surface area (Å²) in [6, 6.07) is 6.79. The average Bonchev–Trinajstić information content (AvgIpc) is 2.71. The topological polar surface area (TPSA) is 43.8 Å². The molecule has 0 spiro atoms. The average molecular weight is 284 g/mol.